The van der Waals surface area contributed by atoms with E-state index in [1.807, 2.05) is 4.90 Å². The van der Waals surface area contributed by atoms with Crippen LogP contribution in [0, 0.1) is 17.6 Å². The first-order chi connectivity index (χ1) is 23.4. The summed E-state index contributed by atoms with van der Waals surface area (Å²) < 4.78 is 118. The van der Waals surface area contributed by atoms with Crippen LogP contribution in [-0.2, 0) is 16.6 Å². The smallest absolute Gasteiger partial charge is 0.391 e. The molecule has 1 fully saturated rings. The molecular weight excluding hydrogens is 671 g/mol. The second-order valence-corrected chi connectivity index (χ2v) is 13.6. The van der Waals surface area contributed by atoms with Gasteiger partial charge in [0.25, 0.3) is 10.0 Å². The first kappa shape index (κ1) is 34.4. The van der Waals surface area contributed by atoms with Gasteiger partial charge in [0.2, 0.25) is 5.95 Å². The van der Waals surface area contributed by atoms with Crippen LogP contribution in [0.2, 0.25) is 0 Å². The van der Waals surface area contributed by atoms with E-state index in [0.29, 0.717) is 34.6 Å². The van der Waals surface area contributed by atoms with Gasteiger partial charge in [-0.1, -0.05) is 12.1 Å². The second-order valence-electron chi connectivity index (χ2n) is 11.8. The molecule has 260 valence electrons. The van der Waals surface area contributed by atoms with Crippen LogP contribution in [-0.4, -0.2) is 56.8 Å². The Morgan fingerprint density at radius 3 is 2.37 bits per heavy atom. The van der Waals surface area contributed by atoms with Gasteiger partial charge in [0.1, 0.15) is 33.8 Å². The molecule has 9 nitrogen and oxygen atoms in total. The number of hydrogen-bond donors (Lipinski definition) is 0. The molecular formula is C34H33F5N4O5S. The summed E-state index contributed by atoms with van der Waals surface area (Å²) in [7, 11) is -1.80. The summed E-state index contributed by atoms with van der Waals surface area (Å²) in [5.41, 5.74) is 1.22. The number of sulfonamides is 1. The standard InChI is InChI=1S/C34H33F5N4O5S/c1-46-25-9-6-22(30(17-25)47-2)20-43(33-40-12-3-13-41-33)49(44,45)32-19-31-26(18-27(32)36)28(11-15-48-31)42-14-10-23(34(37,38)39)16-29(42)21-4-7-24(35)8-5-21/h3-9,12-13,17-19,23,28-29H,10-11,14-16,20H2,1-2H3/t23-,28?,29+/m0/s1. The largest absolute Gasteiger partial charge is 0.497 e. The highest BCUT2D eigenvalue weighted by Crippen LogP contribution is 2.49. The average molecular weight is 705 g/mol. The van der Waals surface area contributed by atoms with E-state index in [1.165, 1.54) is 56.9 Å². The molecule has 0 spiro atoms. The Labute approximate surface area is 280 Å². The molecule has 6 rings (SSSR count). The average Bonchev–Trinajstić information content (AvgIpc) is 3.10. The number of methoxy groups -OCH3 is 2. The van der Waals surface area contributed by atoms with Crippen LogP contribution >= 0.6 is 0 Å². The number of anilines is 1. The molecule has 1 saturated heterocycles. The summed E-state index contributed by atoms with van der Waals surface area (Å²) in [6.45, 7) is -0.194. The summed E-state index contributed by atoms with van der Waals surface area (Å²) in [6, 6.07) is 12.4. The molecule has 0 N–H and O–H groups in total. The van der Waals surface area contributed by atoms with Crippen molar-refractivity contribution in [3.8, 4) is 17.2 Å². The number of halogens is 5. The van der Waals surface area contributed by atoms with Crippen LogP contribution in [0.25, 0.3) is 0 Å². The van der Waals surface area contributed by atoms with E-state index in [4.69, 9.17) is 14.2 Å². The highest BCUT2D eigenvalue weighted by Gasteiger charge is 2.47. The van der Waals surface area contributed by atoms with Crippen molar-refractivity contribution in [1.29, 1.82) is 0 Å². The molecule has 0 bridgehead atoms. The fourth-order valence-electron chi connectivity index (χ4n) is 6.52. The topological polar surface area (TPSA) is 94.1 Å². The highest BCUT2D eigenvalue weighted by atomic mass is 32.2. The predicted octanol–water partition coefficient (Wildman–Crippen LogP) is 7.01. The lowest BCUT2D eigenvalue weighted by Gasteiger charge is -2.46. The summed E-state index contributed by atoms with van der Waals surface area (Å²) >= 11 is 0. The lowest BCUT2D eigenvalue weighted by Crippen LogP contribution is -2.44. The molecule has 3 heterocycles. The Morgan fingerprint density at radius 2 is 1.69 bits per heavy atom. The van der Waals surface area contributed by atoms with Crippen molar-refractivity contribution in [2.24, 2.45) is 5.92 Å². The zero-order valence-electron chi connectivity index (χ0n) is 26.5. The number of nitrogens with zero attached hydrogens (tertiary/aromatic N) is 4. The van der Waals surface area contributed by atoms with Gasteiger partial charge in [-0.25, -0.2) is 31.5 Å². The van der Waals surface area contributed by atoms with Gasteiger partial charge in [0.15, 0.2) is 0 Å². The number of rotatable bonds is 9. The monoisotopic (exact) mass is 704 g/mol. The van der Waals surface area contributed by atoms with Crippen molar-refractivity contribution in [2.45, 2.75) is 49.0 Å². The van der Waals surface area contributed by atoms with Crippen LogP contribution in [0.5, 0.6) is 17.2 Å². The number of aromatic nitrogens is 2. The summed E-state index contributed by atoms with van der Waals surface area (Å²) in [5, 5.41) is 0. The molecule has 4 aromatic rings. The third-order valence-corrected chi connectivity index (χ3v) is 10.7. The maximum absolute atomic E-state index is 16.2. The molecule has 0 amide bonds. The number of likely N-dealkylation sites (tertiary alicyclic amines) is 1. The van der Waals surface area contributed by atoms with Crippen LogP contribution in [0.1, 0.15) is 48.0 Å². The second kappa shape index (κ2) is 13.8. The van der Waals surface area contributed by atoms with E-state index in [-0.39, 0.29) is 44.2 Å². The lowest BCUT2D eigenvalue weighted by molar-refractivity contribution is -0.192. The number of alkyl halides is 3. The molecule has 0 aliphatic carbocycles. The SMILES string of the molecule is COc1ccc(CN(c2ncccn2)S(=O)(=O)c2cc3c(cc2F)C(N2CC[C@H](C(F)(F)F)C[C@@H]2c2ccc(F)cc2)CCO3)c(OC)c1. The maximum atomic E-state index is 16.2. The Hall–Kier alpha value is -4.50. The number of benzene rings is 3. The Kier molecular flexibility index (Phi) is 9.67. The van der Waals surface area contributed by atoms with Crippen molar-refractivity contribution in [3.63, 3.8) is 0 Å². The van der Waals surface area contributed by atoms with Gasteiger partial charge in [0, 0.05) is 54.2 Å². The summed E-state index contributed by atoms with van der Waals surface area (Å²) in [4.78, 5) is 9.39. The maximum Gasteiger partial charge on any atom is 0.391 e. The van der Waals surface area contributed by atoms with Crippen molar-refractivity contribution >= 4 is 16.0 Å². The highest BCUT2D eigenvalue weighted by molar-refractivity contribution is 7.92. The predicted molar refractivity (Wildman–Crippen MR) is 169 cm³/mol. The van der Waals surface area contributed by atoms with Gasteiger partial charge in [-0.2, -0.15) is 13.2 Å². The third kappa shape index (κ3) is 6.99. The molecule has 15 heteroatoms. The minimum absolute atomic E-state index is 0.0286. The first-order valence-corrected chi connectivity index (χ1v) is 16.9. The van der Waals surface area contributed by atoms with Crippen molar-refractivity contribution in [2.75, 3.05) is 31.7 Å². The summed E-state index contributed by atoms with van der Waals surface area (Å²) in [5.74, 6) is -2.52. The van der Waals surface area contributed by atoms with E-state index in [9.17, 15) is 26.0 Å². The fourth-order valence-corrected chi connectivity index (χ4v) is 7.94. The van der Waals surface area contributed by atoms with Crippen LogP contribution in [0.3, 0.4) is 0 Å². The third-order valence-electron chi connectivity index (χ3n) is 8.99. The lowest BCUT2D eigenvalue weighted by atomic mass is 9.84. The van der Waals surface area contributed by atoms with E-state index in [2.05, 4.69) is 9.97 Å². The van der Waals surface area contributed by atoms with E-state index >= 15 is 4.39 Å². The van der Waals surface area contributed by atoms with Crippen molar-refractivity contribution in [1.82, 2.24) is 14.9 Å². The normalized spacial score (nSPS) is 19.9. The van der Waals surface area contributed by atoms with Gasteiger partial charge >= 0.3 is 6.18 Å². The van der Waals surface area contributed by atoms with Gasteiger partial charge in [-0.15, -0.1) is 0 Å². The number of ether oxygens (including phenoxy) is 3. The minimum atomic E-state index is -4.69. The van der Waals surface area contributed by atoms with Gasteiger partial charge in [-0.3, -0.25) is 4.90 Å². The molecule has 1 unspecified atom stereocenters. The fraction of sp³-hybridized carbons (Fsp3) is 0.353. The molecule has 49 heavy (non-hydrogen) atoms. The van der Waals surface area contributed by atoms with Crippen LogP contribution in [0.15, 0.2) is 78.0 Å². The number of hydrogen-bond acceptors (Lipinski definition) is 8. The molecule has 0 radical (unpaired) electrons. The number of fused-ring (bicyclic) bond motifs is 1. The molecule has 3 aromatic carbocycles. The van der Waals surface area contributed by atoms with Crippen LogP contribution in [0.4, 0.5) is 27.9 Å². The van der Waals surface area contributed by atoms with Crippen molar-refractivity contribution in [3.05, 3.63) is 101 Å². The number of piperidine rings is 1. The zero-order valence-corrected chi connectivity index (χ0v) is 27.3. The molecule has 1 aromatic heterocycles. The molecule has 2 aliphatic heterocycles. The molecule has 2 aliphatic rings. The van der Waals surface area contributed by atoms with Gasteiger partial charge < -0.3 is 14.2 Å². The van der Waals surface area contributed by atoms with Gasteiger partial charge in [-0.05, 0) is 61.3 Å². The quantitative estimate of drug-likeness (QED) is 0.172. The Morgan fingerprint density at radius 1 is 0.959 bits per heavy atom. The summed E-state index contributed by atoms with van der Waals surface area (Å²) in [6.07, 6.45) is -1.84. The van der Waals surface area contributed by atoms with Crippen molar-refractivity contribution < 1.29 is 44.6 Å². The van der Waals surface area contributed by atoms with E-state index < -0.39 is 50.7 Å². The van der Waals surface area contributed by atoms with E-state index in [1.54, 1.807) is 18.2 Å². The molecule has 3 atom stereocenters. The van der Waals surface area contributed by atoms with Crippen LogP contribution < -0.4 is 18.5 Å². The Balaban J connectivity index is 1.38. The van der Waals surface area contributed by atoms with Gasteiger partial charge in [0.05, 0.1) is 33.3 Å². The Bertz CT molecular complexity index is 1900. The zero-order chi connectivity index (χ0) is 34.9. The van der Waals surface area contributed by atoms with E-state index in [0.717, 1.165) is 16.4 Å². The first-order valence-electron chi connectivity index (χ1n) is 15.5. The molecule has 0 saturated carbocycles. The minimum Gasteiger partial charge on any atom is -0.497 e.